The molecule has 1 atom stereocenters. The highest BCUT2D eigenvalue weighted by Crippen LogP contribution is 2.25. The minimum atomic E-state index is -0.571. The molecule has 0 heterocycles. The van der Waals surface area contributed by atoms with E-state index < -0.39 is 5.60 Å². The Labute approximate surface area is 99.5 Å². The van der Waals surface area contributed by atoms with Crippen LogP contribution in [0.15, 0.2) is 30.3 Å². The van der Waals surface area contributed by atoms with Crippen molar-refractivity contribution < 1.29 is 5.11 Å². The van der Waals surface area contributed by atoms with Gasteiger partial charge in [-0.1, -0.05) is 57.0 Å². The molecule has 0 bridgehead atoms. The molecule has 90 valence electrons. The van der Waals surface area contributed by atoms with Gasteiger partial charge in [0.1, 0.15) is 0 Å². The van der Waals surface area contributed by atoms with Crippen LogP contribution in [0.5, 0.6) is 0 Å². The van der Waals surface area contributed by atoms with E-state index in [1.807, 2.05) is 25.1 Å². The summed E-state index contributed by atoms with van der Waals surface area (Å²) in [6.07, 6.45) is 3.96. The first-order valence-electron chi connectivity index (χ1n) is 6.33. The predicted molar refractivity (Wildman–Crippen MR) is 69.5 cm³/mol. The second-order valence-corrected chi connectivity index (χ2v) is 5.05. The normalized spacial score (nSPS) is 15.1. The van der Waals surface area contributed by atoms with Crippen molar-refractivity contribution in [2.75, 3.05) is 0 Å². The largest absolute Gasteiger partial charge is 0.390 e. The van der Waals surface area contributed by atoms with Gasteiger partial charge in [-0.25, -0.2) is 0 Å². The van der Waals surface area contributed by atoms with E-state index in [9.17, 15) is 5.11 Å². The van der Waals surface area contributed by atoms with Gasteiger partial charge in [-0.05, 0) is 24.8 Å². The van der Waals surface area contributed by atoms with Gasteiger partial charge in [0.25, 0.3) is 0 Å². The molecule has 0 amide bonds. The van der Waals surface area contributed by atoms with Crippen LogP contribution in [0.2, 0.25) is 0 Å². The molecular formula is C15H24O. The Morgan fingerprint density at radius 2 is 1.69 bits per heavy atom. The summed E-state index contributed by atoms with van der Waals surface area (Å²) in [6.45, 7) is 6.36. The SMILES string of the molecule is CCC(CC)CC(C)(O)Cc1ccccc1. The molecule has 0 spiro atoms. The third-order valence-corrected chi connectivity index (χ3v) is 3.31. The van der Waals surface area contributed by atoms with Crippen LogP contribution < -0.4 is 0 Å². The Hall–Kier alpha value is -0.820. The second-order valence-electron chi connectivity index (χ2n) is 5.05. The lowest BCUT2D eigenvalue weighted by atomic mass is 9.84. The average molecular weight is 220 g/mol. The van der Waals surface area contributed by atoms with E-state index in [2.05, 4.69) is 26.0 Å². The molecule has 1 unspecified atom stereocenters. The molecule has 1 heteroatoms. The Morgan fingerprint density at radius 1 is 1.12 bits per heavy atom. The lowest BCUT2D eigenvalue weighted by molar-refractivity contribution is 0.0326. The zero-order valence-corrected chi connectivity index (χ0v) is 10.7. The number of benzene rings is 1. The molecular weight excluding hydrogens is 196 g/mol. The van der Waals surface area contributed by atoms with E-state index >= 15 is 0 Å². The highest BCUT2D eigenvalue weighted by molar-refractivity contribution is 5.16. The van der Waals surface area contributed by atoms with Gasteiger partial charge in [0, 0.05) is 6.42 Å². The van der Waals surface area contributed by atoms with E-state index in [4.69, 9.17) is 0 Å². The van der Waals surface area contributed by atoms with Crippen LogP contribution in [0.25, 0.3) is 0 Å². The molecule has 1 aromatic rings. The summed E-state index contributed by atoms with van der Waals surface area (Å²) in [5, 5.41) is 10.4. The smallest absolute Gasteiger partial charge is 0.0662 e. The molecule has 1 aromatic carbocycles. The zero-order valence-electron chi connectivity index (χ0n) is 10.7. The van der Waals surface area contributed by atoms with Crippen LogP contribution in [0.4, 0.5) is 0 Å². The maximum Gasteiger partial charge on any atom is 0.0662 e. The topological polar surface area (TPSA) is 20.2 Å². The van der Waals surface area contributed by atoms with Crippen molar-refractivity contribution in [3.8, 4) is 0 Å². The number of aliphatic hydroxyl groups is 1. The quantitative estimate of drug-likeness (QED) is 0.773. The van der Waals surface area contributed by atoms with E-state index in [1.165, 1.54) is 5.56 Å². The maximum absolute atomic E-state index is 10.4. The Morgan fingerprint density at radius 3 is 2.19 bits per heavy atom. The molecule has 0 aliphatic heterocycles. The molecule has 0 aliphatic carbocycles. The van der Waals surface area contributed by atoms with Gasteiger partial charge in [-0.2, -0.15) is 0 Å². The van der Waals surface area contributed by atoms with Crippen molar-refractivity contribution in [3.63, 3.8) is 0 Å². The Balaban J connectivity index is 2.57. The molecule has 0 aromatic heterocycles. The van der Waals surface area contributed by atoms with Crippen molar-refractivity contribution in [2.24, 2.45) is 5.92 Å². The van der Waals surface area contributed by atoms with Crippen molar-refractivity contribution in [1.29, 1.82) is 0 Å². The maximum atomic E-state index is 10.4. The predicted octanol–water partition coefficient (Wildman–Crippen LogP) is 3.81. The molecule has 1 rings (SSSR count). The average Bonchev–Trinajstić information content (AvgIpc) is 2.26. The van der Waals surface area contributed by atoms with Crippen molar-refractivity contribution in [3.05, 3.63) is 35.9 Å². The third kappa shape index (κ3) is 4.36. The molecule has 1 nitrogen and oxygen atoms in total. The van der Waals surface area contributed by atoms with Crippen molar-refractivity contribution >= 4 is 0 Å². The van der Waals surface area contributed by atoms with Crippen molar-refractivity contribution in [1.82, 2.24) is 0 Å². The minimum absolute atomic E-state index is 0.571. The molecule has 0 saturated carbocycles. The summed E-state index contributed by atoms with van der Waals surface area (Å²) in [7, 11) is 0. The minimum Gasteiger partial charge on any atom is -0.390 e. The summed E-state index contributed by atoms with van der Waals surface area (Å²) >= 11 is 0. The van der Waals surface area contributed by atoms with Crippen LogP contribution in [0.1, 0.15) is 45.6 Å². The van der Waals surface area contributed by atoms with Crippen LogP contribution >= 0.6 is 0 Å². The molecule has 0 radical (unpaired) electrons. The van der Waals surface area contributed by atoms with Gasteiger partial charge in [0.05, 0.1) is 5.60 Å². The molecule has 0 fully saturated rings. The highest BCUT2D eigenvalue weighted by atomic mass is 16.3. The van der Waals surface area contributed by atoms with Gasteiger partial charge in [0.15, 0.2) is 0 Å². The van der Waals surface area contributed by atoms with Gasteiger partial charge >= 0.3 is 0 Å². The zero-order chi connectivity index (χ0) is 12.0. The first kappa shape index (κ1) is 13.2. The van der Waals surface area contributed by atoms with E-state index in [0.717, 1.165) is 25.7 Å². The van der Waals surface area contributed by atoms with Gasteiger partial charge in [-0.15, -0.1) is 0 Å². The summed E-state index contributed by atoms with van der Waals surface area (Å²) < 4.78 is 0. The summed E-state index contributed by atoms with van der Waals surface area (Å²) in [6, 6.07) is 10.2. The number of hydrogen-bond acceptors (Lipinski definition) is 1. The molecule has 0 saturated heterocycles. The summed E-state index contributed by atoms with van der Waals surface area (Å²) in [4.78, 5) is 0. The van der Waals surface area contributed by atoms with Crippen LogP contribution in [0, 0.1) is 5.92 Å². The van der Waals surface area contributed by atoms with Crippen LogP contribution in [-0.2, 0) is 6.42 Å². The highest BCUT2D eigenvalue weighted by Gasteiger charge is 2.24. The fourth-order valence-electron chi connectivity index (χ4n) is 2.31. The van der Waals surface area contributed by atoms with Crippen LogP contribution in [-0.4, -0.2) is 10.7 Å². The van der Waals surface area contributed by atoms with E-state index in [-0.39, 0.29) is 0 Å². The Kier molecular flexibility index (Phi) is 5.01. The van der Waals surface area contributed by atoms with E-state index in [1.54, 1.807) is 0 Å². The fourth-order valence-corrected chi connectivity index (χ4v) is 2.31. The Bertz CT molecular complexity index is 286. The number of hydrogen-bond donors (Lipinski definition) is 1. The van der Waals surface area contributed by atoms with E-state index in [0.29, 0.717) is 5.92 Å². The van der Waals surface area contributed by atoms with Gasteiger partial charge in [0.2, 0.25) is 0 Å². The summed E-state index contributed by atoms with van der Waals surface area (Å²) in [5.41, 5.74) is 0.649. The third-order valence-electron chi connectivity index (χ3n) is 3.31. The molecule has 1 N–H and O–H groups in total. The number of rotatable bonds is 6. The fraction of sp³-hybridized carbons (Fsp3) is 0.600. The van der Waals surface area contributed by atoms with Gasteiger partial charge in [-0.3, -0.25) is 0 Å². The first-order chi connectivity index (χ1) is 7.57. The molecule has 0 aliphatic rings. The lowest BCUT2D eigenvalue weighted by Crippen LogP contribution is -2.30. The monoisotopic (exact) mass is 220 g/mol. The standard InChI is InChI=1S/C15H24O/c1-4-13(5-2)11-15(3,16)12-14-9-7-6-8-10-14/h6-10,13,16H,4-5,11-12H2,1-3H3. The first-order valence-corrected chi connectivity index (χ1v) is 6.33. The molecule has 16 heavy (non-hydrogen) atoms. The lowest BCUT2D eigenvalue weighted by Gasteiger charge is -2.27. The van der Waals surface area contributed by atoms with Crippen molar-refractivity contribution in [2.45, 2.75) is 52.1 Å². The van der Waals surface area contributed by atoms with Gasteiger partial charge < -0.3 is 5.11 Å². The second kappa shape index (κ2) is 6.05. The summed E-state index contributed by atoms with van der Waals surface area (Å²) in [5.74, 6) is 0.638. The van der Waals surface area contributed by atoms with Crippen LogP contribution in [0.3, 0.4) is 0 Å².